The van der Waals surface area contributed by atoms with E-state index in [1.54, 1.807) is 24.6 Å². The average molecular weight is 463 g/mol. The highest BCUT2D eigenvalue weighted by atomic mass is 32.2. The normalized spacial score (nSPS) is 11.9. The van der Waals surface area contributed by atoms with Crippen molar-refractivity contribution in [1.29, 1.82) is 0 Å². The maximum absolute atomic E-state index is 13.7. The first-order valence-electron chi connectivity index (χ1n) is 9.58. The van der Waals surface area contributed by atoms with E-state index in [0.717, 1.165) is 10.6 Å². The van der Waals surface area contributed by atoms with E-state index in [1.807, 2.05) is 13.8 Å². The minimum atomic E-state index is -0.562. The molecule has 2 aromatic heterocycles. The minimum absolute atomic E-state index is 0.00200. The number of rotatable bonds is 8. The number of carbonyl (C=O) groups is 2. The van der Waals surface area contributed by atoms with Crippen LogP contribution in [0.3, 0.4) is 0 Å². The highest BCUT2D eigenvalue weighted by molar-refractivity contribution is 8.00. The number of nitrogens with zero attached hydrogens (tertiary/aromatic N) is 4. The summed E-state index contributed by atoms with van der Waals surface area (Å²) in [7, 11) is 1.80. The number of anilines is 1. The van der Waals surface area contributed by atoms with E-state index in [1.165, 1.54) is 41.3 Å². The van der Waals surface area contributed by atoms with Crippen LogP contribution in [0.15, 0.2) is 29.4 Å². The molecule has 0 radical (unpaired) electrons. The average Bonchev–Trinajstić information content (AvgIpc) is 3.23. The Hall–Kier alpha value is -2.79. The SMILES string of the molecule is Cc1nc(NC(=O)[C@H](C)Sc2nnc(CCNC(=O)c3ccccc3F)n2C)sc1C. The van der Waals surface area contributed by atoms with Gasteiger partial charge in [0.05, 0.1) is 16.5 Å². The van der Waals surface area contributed by atoms with Gasteiger partial charge in [0.1, 0.15) is 11.6 Å². The van der Waals surface area contributed by atoms with Crippen molar-refractivity contribution in [3.63, 3.8) is 0 Å². The summed E-state index contributed by atoms with van der Waals surface area (Å²) in [6.07, 6.45) is 0.419. The topological polar surface area (TPSA) is 102 Å². The van der Waals surface area contributed by atoms with E-state index >= 15 is 0 Å². The summed E-state index contributed by atoms with van der Waals surface area (Å²) < 4.78 is 15.5. The Bertz CT molecular complexity index is 1080. The molecule has 0 bridgehead atoms. The third-order valence-electron chi connectivity index (χ3n) is 4.59. The Morgan fingerprint density at radius 2 is 2.00 bits per heavy atom. The molecule has 0 saturated heterocycles. The van der Waals surface area contributed by atoms with Gasteiger partial charge in [-0.2, -0.15) is 0 Å². The van der Waals surface area contributed by atoms with Gasteiger partial charge in [0.15, 0.2) is 10.3 Å². The molecule has 2 N–H and O–H groups in total. The molecule has 31 heavy (non-hydrogen) atoms. The maximum Gasteiger partial charge on any atom is 0.254 e. The van der Waals surface area contributed by atoms with E-state index < -0.39 is 17.0 Å². The van der Waals surface area contributed by atoms with E-state index in [2.05, 4.69) is 25.8 Å². The number of aryl methyl sites for hydroxylation is 2. The lowest BCUT2D eigenvalue weighted by molar-refractivity contribution is -0.115. The van der Waals surface area contributed by atoms with Crippen LogP contribution in [0.4, 0.5) is 9.52 Å². The zero-order chi connectivity index (χ0) is 22.5. The molecular formula is C20H23FN6O2S2. The number of nitrogens with one attached hydrogen (secondary N) is 2. The molecule has 2 amide bonds. The van der Waals surface area contributed by atoms with Crippen LogP contribution < -0.4 is 10.6 Å². The zero-order valence-electron chi connectivity index (χ0n) is 17.6. The summed E-state index contributed by atoms with van der Waals surface area (Å²) in [4.78, 5) is 29.9. The smallest absolute Gasteiger partial charge is 0.254 e. The van der Waals surface area contributed by atoms with Crippen LogP contribution in [0.1, 0.15) is 33.7 Å². The van der Waals surface area contributed by atoms with Crippen molar-refractivity contribution in [1.82, 2.24) is 25.1 Å². The van der Waals surface area contributed by atoms with Crippen molar-refractivity contribution in [3.05, 3.63) is 52.0 Å². The van der Waals surface area contributed by atoms with Crippen molar-refractivity contribution < 1.29 is 14.0 Å². The fraction of sp³-hybridized carbons (Fsp3) is 0.350. The predicted octanol–water partition coefficient (Wildman–Crippen LogP) is 3.12. The van der Waals surface area contributed by atoms with E-state index in [-0.39, 0.29) is 18.0 Å². The third kappa shape index (κ3) is 5.67. The molecule has 0 aliphatic carbocycles. The highest BCUT2D eigenvalue weighted by Crippen LogP contribution is 2.25. The molecule has 0 spiro atoms. The van der Waals surface area contributed by atoms with Crippen molar-refractivity contribution in [2.24, 2.45) is 7.05 Å². The number of hydrogen-bond donors (Lipinski definition) is 2. The Kier molecular flexibility index (Phi) is 7.39. The van der Waals surface area contributed by atoms with Crippen molar-refractivity contribution >= 4 is 40.0 Å². The molecule has 0 saturated carbocycles. The zero-order valence-corrected chi connectivity index (χ0v) is 19.2. The van der Waals surface area contributed by atoms with Gasteiger partial charge >= 0.3 is 0 Å². The van der Waals surface area contributed by atoms with E-state index in [4.69, 9.17) is 0 Å². The maximum atomic E-state index is 13.7. The van der Waals surface area contributed by atoms with Gasteiger partial charge in [-0.3, -0.25) is 9.59 Å². The van der Waals surface area contributed by atoms with Gasteiger partial charge in [0.2, 0.25) is 5.91 Å². The van der Waals surface area contributed by atoms with Crippen LogP contribution in [0.2, 0.25) is 0 Å². The summed E-state index contributed by atoms with van der Waals surface area (Å²) in [5.74, 6) is -0.559. The lowest BCUT2D eigenvalue weighted by atomic mass is 10.2. The number of hydrogen-bond acceptors (Lipinski definition) is 7. The fourth-order valence-electron chi connectivity index (χ4n) is 2.64. The van der Waals surface area contributed by atoms with Gasteiger partial charge in [0.25, 0.3) is 5.91 Å². The Labute approximate surface area is 187 Å². The first-order valence-corrected chi connectivity index (χ1v) is 11.3. The molecule has 0 aliphatic heterocycles. The standard InChI is InChI=1S/C20H23FN6O2S2/c1-11-12(2)30-19(23-11)24-17(28)13(3)31-20-26-25-16(27(20)4)9-10-22-18(29)14-7-5-6-8-15(14)21/h5-8,13H,9-10H2,1-4H3,(H,22,29)(H,23,24,28)/t13-/m0/s1. The molecule has 0 fully saturated rings. The third-order valence-corrected chi connectivity index (χ3v) is 6.71. The highest BCUT2D eigenvalue weighted by Gasteiger charge is 2.20. The number of aromatic nitrogens is 4. The van der Waals surface area contributed by atoms with Gasteiger partial charge in [-0.1, -0.05) is 23.9 Å². The second-order valence-corrected chi connectivity index (χ2v) is 9.36. The summed E-state index contributed by atoms with van der Waals surface area (Å²) >= 11 is 2.73. The summed E-state index contributed by atoms with van der Waals surface area (Å²) in [6.45, 7) is 5.93. The molecule has 8 nitrogen and oxygen atoms in total. The number of thiazole rings is 1. The lowest BCUT2D eigenvalue weighted by Crippen LogP contribution is -2.27. The molecule has 11 heteroatoms. The number of amides is 2. The molecule has 1 aromatic carbocycles. The van der Waals surface area contributed by atoms with Gasteiger partial charge in [-0.15, -0.1) is 21.5 Å². The monoisotopic (exact) mass is 462 g/mol. The Balaban J connectivity index is 1.52. The van der Waals surface area contributed by atoms with Crippen LogP contribution in [0, 0.1) is 19.7 Å². The number of thioether (sulfide) groups is 1. The Morgan fingerprint density at radius 1 is 1.26 bits per heavy atom. The van der Waals surface area contributed by atoms with Gasteiger partial charge in [0, 0.05) is 24.9 Å². The Morgan fingerprint density at radius 3 is 2.68 bits per heavy atom. The molecule has 2 heterocycles. The predicted molar refractivity (Wildman–Crippen MR) is 119 cm³/mol. The second-order valence-electron chi connectivity index (χ2n) is 6.85. The molecule has 1 atom stereocenters. The summed E-state index contributed by atoms with van der Waals surface area (Å²) in [6, 6.07) is 5.82. The molecule has 3 aromatic rings. The first kappa shape index (κ1) is 22.9. The molecular weight excluding hydrogens is 439 g/mol. The van der Waals surface area contributed by atoms with Gasteiger partial charge < -0.3 is 15.2 Å². The van der Waals surface area contributed by atoms with E-state index in [0.29, 0.717) is 22.5 Å². The fourth-order valence-corrected chi connectivity index (χ4v) is 4.29. The lowest BCUT2D eigenvalue weighted by Gasteiger charge is -2.10. The summed E-state index contributed by atoms with van der Waals surface area (Å²) in [5.41, 5.74) is 0.905. The van der Waals surface area contributed by atoms with Crippen LogP contribution in [-0.2, 0) is 18.3 Å². The molecule has 0 unspecified atom stereocenters. The van der Waals surface area contributed by atoms with Gasteiger partial charge in [-0.05, 0) is 32.9 Å². The van der Waals surface area contributed by atoms with Crippen molar-refractivity contribution in [2.75, 3.05) is 11.9 Å². The van der Waals surface area contributed by atoms with Gasteiger partial charge in [-0.25, -0.2) is 9.37 Å². The van der Waals surface area contributed by atoms with Crippen LogP contribution in [0.5, 0.6) is 0 Å². The number of halogens is 1. The molecule has 0 aliphatic rings. The van der Waals surface area contributed by atoms with Crippen molar-refractivity contribution in [2.45, 2.75) is 37.6 Å². The van der Waals surface area contributed by atoms with Crippen LogP contribution in [-0.4, -0.2) is 43.4 Å². The van der Waals surface area contributed by atoms with Crippen LogP contribution in [0.25, 0.3) is 0 Å². The molecule has 3 rings (SSSR count). The van der Waals surface area contributed by atoms with Crippen LogP contribution >= 0.6 is 23.1 Å². The summed E-state index contributed by atoms with van der Waals surface area (Å²) in [5, 5.41) is 14.6. The minimum Gasteiger partial charge on any atom is -0.351 e. The van der Waals surface area contributed by atoms with Crippen molar-refractivity contribution in [3.8, 4) is 0 Å². The first-order chi connectivity index (χ1) is 14.8. The van der Waals surface area contributed by atoms with E-state index in [9.17, 15) is 14.0 Å². The number of carbonyl (C=O) groups excluding carboxylic acids is 2. The quantitative estimate of drug-likeness (QED) is 0.499. The molecule has 164 valence electrons. The number of benzene rings is 1. The second kappa shape index (κ2) is 10.0. The largest absolute Gasteiger partial charge is 0.351 e.